The third kappa shape index (κ3) is 4.95. The predicted molar refractivity (Wildman–Crippen MR) is 97.7 cm³/mol. The van der Waals surface area contributed by atoms with Gasteiger partial charge in [-0.05, 0) is 42.0 Å². The maximum absolute atomic E-state index is 11.8. The molecule has 4 nitrogen and oxygen atoms in total. The number of hydrogen-bond acceptors (Lipinski definition) is 3. The van der Waals surface area contributed by atoms with Crippen molar-refractivity contribution in [1.82, 2.24) is 5.43 Å². The predicted octanol–water partition coefficient (Wildman–Crippen LogP) is 3.96. The van der Waals surface area contributed by atoms with Gasteiger partial charge in [0.1, 0.15) is 5.75 Å². The lowest BCUT2D eigenvalue weighted by Gasteiger charge is -2.10. The second kappa shape index (κ2) is 8.29. The second-order valence-electron chi connectivity index (χ2n) is 6.12. The molecule has 0 spiro atoms. The molecule has 2 aromatic carbocycles. The highest BCUT2D eigenvalue weighted by Gasteiger charge is 2.06. The topological polar surface area (TPSA) is 50.7 Å². The summed E-state index contributed by atoms with van der Waals surface area (Å²) in [7, 11) is 0. The van der Waals surface area contributed by atoms with Crippen molar-refractivity contribution in [1.29, 1.82) is 0 Å². The van der Waals surface area contributed by atoms with Gasteiger partial charge in [0.05, 0.1) is 6.21 Å². The second-order valence-corrected chi connectivity index (χ2v) is 6.12. The van der Waals surface area contributed by atoms with Crippen molar-refractivity contribution in [3.05, 3.63) is 64.7 Å². The van der Waals surface area contributed by atoms with Crippen LogP contribution >= 0.6 is 0 Å². The summed E-state index contributed by atoms with van der Waals surface area (Å²) in [6.07, 6.45) is 1.63. The molecular formula is C20H24N2O2. The summed E-state index contributed by atoms with van der Waals surface area (Å²) in [6, 6.07) is 14.0. The van der Waals surface area contributed by atoms with Gasteiger partial charge in [-0.25, -0.2) is 5.43 Å². The van der Waals surface area contributed by atoms with Crippen LogP contribution in [-0.4, -0.2) is 18.7 Å². The van der Waals surface area contributed by atoms with Crippen molar-refractivity contribution in [2.45, 2.75) is 33.6 Å². The number of nitrogens with zero attached hydrogens (tertiary/aromatic N) is 1. The van der Waals surface area contributed by atoms with Gasteiger partial charge in [-0.3, -0.25) is 4.79 Å². The van der Waals surface area contributed by atoms with Crippen molar-refractivity contribution >= 4 is 12.1 Å². The van der Waals surface area contributed by atoms with Gasteiger partial charge < -0.3 is 4.74 Å². The Bertz CT molecular complexity index is 699. The Morgan fingerprint density at radius 1 is 1.12 bits per heavy atom. The SMILES string of the molecule is Cc1cccc(C)c1OCC(=O)N/N=C\c1ccc(C(C)C)cc1. The molecule has 0 fully saturated rings. The van der Waals surface area contributed by atoms with Crippen LogP contribution in [0.4, 0.5) is 0 Å². The van der Waals surface area contributed by atoms with Crippen LogP contribution in [0.15, 0.2) is 47.6 Å². The van der Waals surface area contributed by atoms with Crippen molar-refractivity contribution < 1.29 is 9.53 Å². The number of aryl methyl sites for hydroxylation is 2. The van der Waals surface area contributed by atoms with E-state index in [0.29, 0.717) is 5.92 Å². The van der Waals surface area contributed by atoms with E-state index in [9.17, 15) is 4.79 Å². The van der Waals surface area contributed by atoms with Gasteiger partial charge in [-0.2, -0.15) is 5.10 Å². The molecule has 2 aromatic rings. The first-order valence-electron chi connectivity index (χ1n) is 8.08. The number of benzene rings is 2. The van der Waals surface area contributed by atoms with E-state index >= 15 is 0 Å². The molecule has 0 aliphatic rings. The van der Waals surface area contributed by atoms with E-state index in [0.717, 1.165) is 22.4 Å². The van der Waals surface area contributed by atoms with Gasteiger partial charge in [-0.15, -0.1) is 0 Å². The van der Waals surface area contributed by atoms with Gasteiger partial charge in [0.2, 0.25) is 0 Å². The van der Waals surface area contributed by atoms with Crippen LogP contribution in [0.1, 0.15) is 42.0 Å². The average Bonchev–Trinajstić information content (AvgIpc) is 2.55. The van der Waals surface area contributed by atoms with Crippen LogP contribution in [0.2, 0.25) is 0 Å². The first-order valence-corrected chi connectivity index (χ1v) is 8.08. The molecule has 0 bridgehead atoms. The fourth-order valence-electron chi connectivity index (χ4n) is 2.34. The molecule has 2 rings (SSSR count). The number of rotatable bonds is 6. The molecule has 0 saturated carbocycles. The van der Waals surface area contributed by atoms with Crippen LogP contribution in [0.3, 0.4) is 0 Å². The zero-order chi connectivity index (χ0) is 17.5. The van der Waals surface area contributed by atoms with Crippen LogP contribution in [0, 0.1) is 13.8 Å². The van der Waals surface area contributed by atoms with Crippen molar-refractivity contribution in [2.75, 3.05) is 6.61 Å². The number of carbonyl (C=O) groups is 1. The number of amides is 1. The third-order valence-electron chi connectivity index (χ3n) is 3.76. The zero-order valence-corrected chi connectivity index (χ0v) is 14.7. The van der Waals surface area contributed by atoms with E-state index in [1.54, 1.807) is 6.21 Å². The van der Waals surface area contributed by atoms with E-state index in [1.165, 1.54) is 5.56 Å². The molecule has 0 radical (unpaired) electrons. The van der Waals surface area contributed by atoms with Crippen LogP contribution in [-0.2, 0) is 4.79 Å². The summed E-state index contributed by atoms with van der Waals surface area (Å²) in [5.41, 5.74) is 6.72. The number of carbonyl (C=O) groups excluding carboxylic acids is 1. The van der Waals surface area contributed by atoms with E-state index in [2.05, 4.69) is 36.5 Å². The van der Waals surface area contributed by atoms with Gasteiger partial charge in [-0.1, -0.05) is 56.3 Å². The molecule has 0 aromatic heterocycles. The fourth-order valence-corrected chi connectivity index (χ4v) is 2.34. The highest BCUT2D eigenvalue weighted by atomic mass is 16.5. The Labute approximate surface area is 143 Å². The van der Waals surface area contributed by atoms with Gasteiger partial charge in [0.25, 0.3) is 5.91 Å². The molecule has 0 aliphatic carbocycles. The number of hydrazone groups is 1. The van der Waals surface area contributed by atoms with Gasteiger partial charge in [0.15, 0.2) is 6.61 Å². The van der Waals surface area contributed by atoms with E-state index < -0.39 is 0 Å². The van der Waals surface area contributed by atoms with Crippen LogP contribution in [0.25, 0.3) is 0 Å². The molecule has 0 heterocycles. The van der Waals surface area contributed by atoms with Crippen LogP contribution < -0.4 is 10.2 Å². The molecule has 4 heteroatoms. The lowest BCUT2D eigenvalue weighted by Crippen LogP contribution is -2.25. The monoisotopic (exact) mass is 324 g/mol. The largest absolute Gasteiger partial charge is 0.483 e. The maximum Gasteiger partial charge on any atom is 0.277 e. The molecule has 0 aliphatic heterocycles. The van der Waals surface area contributed by atoms with E-state index in [1.807, 2.05) is 44.2 Å². The number of ether oxygens (including phenoxy) is 1. The molecule has 126 valence electrons. The van der Waals surface area contributed by atoms with Crippen molar-refractivity contribution in [3.8, 4) is 5.75 Å². The number of nitrogens with one attached hydrogen (secondary N) is 1. The lowest BCUT2D eigenvalue weighted by molar-refractivity contribution is -0.123. The molecule has 0 saturated heterocycles. The quantitative estimate of drug-likeness (QED) is 0.646. The summed E-state index contributed by atoms with van der Waals surface area (Å²) in [6.45, 7) is 8.16. The Hall–Kier alpha value is -2.62. The zero-order valence-electron chi connectivity index (χ0n) is 14.7. The Balaban J connectivity index is 1.84. The molecule has 0 unspecified atom stereocenters. The molecule has 0 atom stereocenters. The molecule has 1 amide bonds. The fraction of sp³-hybridized carbons (Fsp3) is 0.300. The average molecular weight is 324 g/mol. The minimum Gasteiger partial charge on any atom is -0.483 e. The van der Waals surface area contributed by atoms with Crippen molar-refractivity contribution in [2.24, 2.45) is 5.10 Å². The summed E-state index contributed by atoms with van der Waals surface area (Å²) in [5.74, 6) is 0.964. The smallest absolute Gasteiger partial charge is 0.277 e. The molecule has 1 N–H and O–H groups in total. The first-order chi connectivity index (χ1) is 11.5. The van der Waals surface area contributed by atoms with Crippen molar-refractivity contribution in [3.63, 3.8) is 0 Å². The third-order valence-corrected chi connectivity index (χ3v) is 3.76. The number of hydrogen-bond donors (Lipinski definition) is 1. The first kappa shape index (κ1) is 17.7. The Morgan fingerprint density at radius 3 is 2.33 bits per heavy atom. The Morgan fingerprint density at radius 2 is 1.75 bits per heavy atom. The van der Waals surface area contributed by atoms with E-state index in [-0.39, 0.29) is 12.5 Å². The standard InChI is InChI=1S/C20H24N2O2/c1-14(2)18-10-8-17(9-11-18)12-21-22-19(23)13-24-20-15(3)6-5-7-16(20)4/h5-12,14H,13H2,1-4H3,(H,22,23)/b21-12-. The van der Waals surface area contributed by atoms with Gasteiger partial charge >= 0.3 is 0 Å². The highest BCUT2D eigenvalue weighted by molar-refractivity contribution is 5.83. The van der Waals surface area contributed by atoms with Gasteiger partial charge in [0, 0.05) is 0 Å². The molecule has 24 heavy (non-hydrogen) atoms. The molecular weight excluding hydrogens is 300 g/mol. The number of para-hydroxylation sites is 1. The normalized spacial score (nSPS) is 11.0. The minimum atomic E-state index is -0.285. The lowest BCUT2D eigenvalue weighted by atomic mass is 10.0. The summed E-state index contributed by atoms with van der Waals surface area (Å²) in [5, 5.41) is 3.97. The van der Waals surface area contributed by atoms with E-state index in [4.69, 9.17) is 4.74 Å². The summed E-state index contributed by atoms with van der Waals surface area (Å²) < 4.78 is 5.59. The Kier molecular flexibility index (Phi) is 6.13. The maximum atomic E-state index is 11.8. The summed E-state index contributed by atoms with van der Waals surface area (Å²) in [4.78, 5) is 11.8. The summed E-state index contributed by atoms with van der Waals surface area (Å²) >= 11 is 0. The highest BCUT2D eigenvalue weighted by Crippen LogP contribution is 2.22. The van der Waals surface area contributed by atoms with Crippen LogP contribution in [0.5, 0.6) is 5.75 Å². The minimum absolute atomic E-state index is 0.0602.